The minimum Gasteiger partial charge on any atom is -0.383 e. The molecule has 2 aromatic rings. The van der Waals surface area contributed by atoms with Crippen molar-refractivity contribution < 1.29 is 4.39 Å². The first-order valence-corrected chi connectivity index (χ1v) is 8.11. The van der Waals surface area contributed by atoms with E-state index in [1.54, 1.807) is 6.20 Å². The Bertz CT molecular complexity index is 629. The number of aryl methyl sites for hydroxylation is 1. The van der Waals surface area contributed by atoms with Gasteiger partial charge >= 0.3 is 0 Å². The molecular weight excluding hydrogens is 291 g/mol. The number of rotatable bonds is 6. The lowest BCUT2D eigenvalue weighted by molar-refractivity contribution is 0.564. The quantitative estimate of drug-likeness (QED) is 0.805. The standard InChI is InChI=1S/C18H23FN4/c1-14-12-20-8-6-18(14)22-10-9-21-16-7-11-23(13-16)17-4-2-15(19)3-5-17/h2-6,8,12,16,21H,7,9-11,13H2,1H3,(H,20,22). The van der Waals surface area contributed by atoms with E-state index >= 15 is 0 Å². The van der Waals surface area contributed by atoms with E-state index in [0.717, 1.165) is 49.5 Å². The SMILES string of the molecule is Cc1cnccc1NCCNC1CCN(c2ccc(F)cc2)C1. The number of anilines is 2. The maximum absolute atomic E-state index is 13.0. The second kappa shape index (κ2) is 7.42. The molecule has 4 nitrogen and oxygen atoms in total. The molecule has 2 N–H and O–H groups in total. The van der Waals surface area contributed by atoms with E-state index in [4.69, 9.17) is 0 Å². The Balaban J connectivity index is 1.40. The molecule has 2 heterocycles. The van der Waals surface area contributed by atoms with Crippen LogP contribution in [0.25, 0.3) is 0 Å². The fourth-order valence-electron chi connectivity index (χ4n) is 2.96. The molecule has 1 fully saturated rings. The Kier molecular flexibility index (Phi) is 5.08. The normalized spacial score (nSPS) is 17.5. The van der Waals surface area contributed by atoms with Gasteiger partial charge in [-0.15, -0.1) is 0 Å². The number of halogens is 1. The molecule has 1 atom stereocenters. The van der Waals surface area contributed by atoms with E-state index < -0.39 is 0 Å². The molecule has 1 aliphatic heterocycles. The second-order valence-electron chi connectivity index (χ2n) is 5.98. The molecule has 23 heavy (non-hydrogen) atoms. The summed E-state index contributed by atoms with van der Waals surface area (Å²) in [6.07, 6.45) is 4.79. The van der Waals surface area contributed by atoms with E-state index in [0.29, 0.717) is 6.04 Å². The van der Waals surface area contributed by atoms with Gasteiger partial charge in [-0.3, -0.25) is 4.98 Å². The van der Waals surface area contributed by atoms with Crippen LogP contribution in [0.2, 0.25) is 0 Å². The van der Waals surface area contributed by atoms with Crippen LogP contribution in [0.4, 0.5) is 15.8 Å². The van der Waals surface area contributed by atoms with Gasteiger partial charge < -0.3 is 15.5 Å². The molecule has 0 radical (unpaired) electrons. The predicted octanol–water partition coefficient (Wildman–Crippen LogP) is 2.81. The van der Waals surface area contributed by atoms with E-state index in [2.05, 4.69) is 27.4 Å². The van der Waals surface area contributed by atoms with Crippen molar-refractivity contribution in [2.45, 2.75) is 19.4 Å². The zero-order valence-electron chi connectivity index (χ0n) is 13.4. The molecule has 122 valence electrons. The topological polar surface area (TPSA) is 40.2 Å². The van der Waals surface area contributed by atoms with Crippen LogP contribution in [-0.2, 0) is 0 Å². The van der Waals surface area contributed by atoms with Gasteiger partial charge in [0.1, 0.15) is 5.82 Å². The van der Waals surface area contributed by atoms with Crippen molar-refractivity contribution in [3.05, 3.63) is 54.1 Å². The van der Waals surface area contributed by atoms with Crippen LogP contribution in [0.5, 0.6) is 0 Å². The number of aromatic nitrogens is 1. The average molecular weight is 314 g/mol. The maximum Gasteiger partial charge on any atom is 0.123 e. The minimum absolute atomic E-state index is 0.180. The van der Waals surface area contributed by atoms with Gasteiger partial charge in [0.25, 0.3) is 0 Å². The highest BCUT2D eigenvalue weighted by atomic mass is 19.1. The highest BCUT2D eigenvalue weighted by Crippen LogP contribution is 2.20. The summed E-state index contributed by atoms with van der Waals surface area (Å²) in [5.74, 6) is -0.180. The minimum atomic E-state index is -0.180. The third-order valence-corrected chi connectivity index (χ3v) is 4.27. The van der Waals surface area contributed by atoms with Crippen molar-refractivity contribution in [3.8, 4) is 0 Å². The van der Waals surface area contributed by atoms with Crippen LogP contribution in [0.3, 0.4) is 0 Å². The summed E-state index contributed by atoms with van der Waals surface area (Å²) < 4.78 is 13.0. The zero-order valence-corrected chi connectivity index (χ0v) is 13.4. The van der Waals surface area contributed by atoms with Crippen molar-refractivity contribution in [3.63, 3.8) is 0 Å². The van der Waals surface area contributed by atoms with E-state index in [1.165, 1.54) is 12.1 Å². The summed E-state index contributed by atoms with van der Waals surface area (Å²) in [6.45, 7) is 5.85. The summed E-state index contributed by atoms with van der Waals surface area (Å²) in [5.41, 5.74) is 3.40. The summed E-state index contributed by atoms with van der Waals surface area (Å²) in [4.78, 5) is 6.40. The lowest BCUT2D eigenvalue weighted by Gasteiger charge is -2.19. The van der Waals surface area contributed by atoms with Crippen molar-refractivity contribution in [2.24, 2.45) is 0 Å². The van der Waals surface area contributed by atoms with Gasteiger partial charge in [0, 0.05) is 56.0 Å². The Hall–Kier alpha value is -2.14. The van der Waals surface area contributed by atoms with Crippen LogP contribution >= 0.6 is 0 Å². The zero-order chi connectivity index (χ0) is 16.1. The number of benzene rings is 1. The summed E-state index contributed by atoms with van der Waals surface area (Å²) >= 11 is 0. The molecule has 1 aromatic heterocycles. The number of hydrogen-bond donors (Lipinski definition) is 2. The summed E-state index contributed by atoms with van der Waals surface area (Å²) in [6, 6.07) is 9.24. The highest BCUT2D eigenvalue weighted by Gasteiger charge is 2.21. The largest absolute Gasteiger partial charge is 0.383 e. The van der Waals surface area contributed by atoms with E-state index in [-0.39, 0.29) is 5.82 Å². The van der Waals surface area contributed by atoms with Gasteiger partial charge in [-0.2, -0.15) is 0 Å². The van der Waals surface area contributed by atoms with E-state index in [9.17, 15) is 4.39 Å². The first-order valence-electron chi connectivity index (χ1n) is 8.11. The molecule has 0 spiro atoms. The predicted molar refractivity (Wildman–Crippen MR) is 92.5 cm³/mol. The van der Waals surface area contributed by atoms with Crippen molar-refractivity contribution >= 4 is 11.4 Å². The third-order valence-electron chi connectivity index (χ3n) is 4.27. The lowest BCUT2D eigenvalue weighted by atomic mass is 10.2. The smallest absolute Gasteiger partial charge is 0.123 e. The maximum atomic E-state index is 13.0. The molecular formula is C18H23FN4. The third kappa shape index (κ3) is 4.20. The molecule has 5 heteroatoms. The van der Waals surface area contributed by atoms with Gasteiger partial charge in [0.2, 0.25) is 0 Å². The van der Waals surface area contributed by atoms with Gasteiger partial charge in [-0.1, -0.05) is 0 Å². The highest BCUT2D eigenvalue weighted by molar-refractivity contribution is 5.49. The molecule has 0 saturated carbocycles. The molecule has 3 rings (SSSR count). The Morgan fingerprint density at radius 1 is 1.22 bits per heavy atom. The number of nitrogens with zero attached hydrogens (tertiary/aromatic N) is 2. The molecule has 1 saturated heterocycles. The fourth-order valence-corrected chi connectivity index (χ4v) is 2.96. The summed E-state index contributed by atoms with van der Waals surface area (Å²) in [5, 5.41) is 7.02. The molecule has 1 aromatic carbocycles. The number of pyridine rings is 1. The average Bonchev–Trinajstić information content (AvgIpc) is 3.03. The molecule has 1 aliphatic rings. The molecule has 1 unspecified atom stereocenters. The van der Waals surface area contributed by atoms with Crippen molar-refractivity contribution in [1.29, 1.82) is 0 Å². The van der Waals surface area contributed by atoms with E-state index in [1.807, 2.05) is 24.4 Å². The van der Waals surface area contributed by atoms with Crippen LogP contribution in [0.1, 0.15) is 12.0 Å². The van der Waals surface area contributed by atoms with Crippen molar-refractivity contribution in [1.82, 2.24) is 10.3 Å². The van der Waals surface area contributed by atoms with Crippen LogP contribution < -0.4 is 15.5 Å². The molecule has 0 amide bonds. The molecule has 0 bridgehead atoms. The summed E-state index contributed by atoms with van der Waals surface area (Å²) in [7, 11) is 0. The van der Waals surface area contributed by atoms with Crippen molar-refractivity contribution in [2.75, 3.05) is 36.4 Å². The lowest BCUT2D eigenvalue weighted by Crippen LogP contribution is -2.35. The Morgan fingerprint density at radius 2 is 2.04 bits per heavy atom. The Morgan fingerprint density at radius 3 is 2.83 bits per heavy atom. The van der Waals surface area contributed by atoms with Crippen LogP contribution in [0, 0.1) is 12.7 Å². The Labute approximate surface area is 136 Å². The number of nitrogens with one attached hydrogen (secondary N) is 2. The monoisotopic (exact) mass is 314 g/mol. The van der Waals surface area contributed by atoms with Gasteiger partial charge in [0.15, 0.2) is 0 Å². The first-order chi connectivity index (χ1) is 11.2. The van der Waals surface area contributed by atoms with Gasteiger partial charge in [-0.05, 0) is 49.2 Å². The van der Waals surface area contributed by atoms with Gasteiger partial charge in [0.05, 0.1) is 0 Å². The molecule has 0 aliphatic carbocycles. The second-order valence-corrected chi connectivity index (χ2v) is 5.98. The van der Waals surface area contributed by atoms with Crippen LogP contribution in [-0.4, -0.2) is 37.2 Å². The van der Waals surface area contributed by atoms with Gasteiger partial charge in [-0.25, -0.2) is 4.39 Å². The first kappa shape index (κ1) is 15.7. The fraction of sp³-hybridized carbons (Fsp3) is 0.389. The number of hydrogen-bond acceptors (Lipinski definition) is 4. The van der Waals surface area contributed by atoms with Crippen LogP contribution in [0.15, 0.2) is 42.7 Å².